The summed E-state index contributed by atoms with van der Waals surface area (Å²) < 4.78 is 0. The van der Waals surface area contributed by atoms with Crippen LogP contribution in [0.1, 0.15) is 5.56 Å². The van der Waals surface area contributed by atoms with Crippen LogP contribution in [0.5, 0.6) is 0 Å². The molecule has 1 aliphatic heterocycles. The van der Waals surface area contributed by atoms with Gasteiger partial charge in [-0.3, -0.25) is 9.88 Å². The predicted octanol–water partition coefficient (Wildman–Crippen LogP) is 2.15. The Kier molecular flexibility index (Phi) is 3.86. The molecule has 2 heterocycles. The predicted molar refractivity (Wildman–Crippen MR) is 77.8 cm³/mol. The second-order valence-electron chi connectivity index (χ2n) is 4.96. The maximum absolute atomic E-state index is 4.07. The quantitative estimate of drug-likeness (QED) is 0.908. The smallest absolute Gasteiger partial charge is 0.0273 e. The summed E-state index contributed by atoms with van der Waals surface area (Å²) in [4.78, 5) is 6.57. The van der Waals surface area contributed by atoms with Crippen molar-refractivity contribution in [3.05, 3.63) is 54.4 Å². The van der Waals surface area contributed by atoms with Gasteiger partial charge in [-0.2, -0.15) is 0 Å². The molecular weight excluding hydrogens is 234 g/mol. The van der Waals surface area contributed by atoms with Crippen LogP contribution in [0.3, 0.4) is 0 Å². The first-order chi connectivity index (χ1) is 9.42. The molecule has 0 saturated carbocycles. The molecule has 98 valence electrons. The van der Waals surface area contributed by atoms with Crippen LogP contribution < -0.4 is 5.32 Å². The molecule has 19 heavy (non-hydrogen) atoms. The number of piperazine rings is 1. The first-order valence-electron chi connectivity index (χ1n) is 6.84. The van der Waals surface area contributed by atoms with Crippen molar-refractivity contribution in [2.45, 2.75) is 6.54 Å². The van der Waals surface area contributed by atoms with Gasteiger partial charge in [-0.15, -0.1) is 0 Å². The molecule has 1 aromatic heterocycles. The molecule has 0 amide bonds. The monoisotopic (exact) mass is 253 g/mol. The van der Waals surface area contributed by atoms with E-state index in [2.05, 4.69) is 51.6 Å². The maximum Gasteiger partial charge on any atom is 0.0273 e. The minimum Gasteiger partial charge on any atom is -0.314 e. The summed E-state index contributed by atoms with van der Waals surface area (Å²) in [6.45, 7) is 5.52. The maximum atomic E-state index is 4.07. The van der Waals surface area contributed by atoms with Gasteiger partial charge in [-0.1, -0.05) is 18.2 Å². The molecule has 3 rings (SSSR count). The van der Waals surface area contributed by atoms with E-state index in [0.29, 0.717) is 0 Å². The molecule has 0 bridgehead atoms. The minimum absolute atomic E-state index is 1.04. The lowest BCUT2D eigenvalue weighted by atomic mass is 10.0. The van der Waals surface area contributed by atoms with Crippen molar-refractivity contribution in [2.75, 3.05) is 26.2 Å². The first-order valence-corrected chi connectivity index (χ1v) is 6.84. The van der Waals surface area contributed by atoms with Gasteiger partial charge in [0.25, 0.3) is 0 Å². The minimum atomic E-state index is 1.04. The van der Waals surface area contributed by atoms with E-state index in [1.807, 2.05) is 12.4 Å². The van der Waals surface area contributed by atoms with E-state index in [4.69, 9.17) is 0 Å². The van der Waals surface area contributed by atoms with Crippen molar-refractivity contribution < 1.29 is 0 Å². The summed E-state index contributed by atoms with van der Waals surface area (Å²) >= 11 is 0. The number of aromatic nitrogens is 1. The van der Waals surface area contributed by atoms with Gasteiger partial charge in [-0.25, -0.2) is 0 Å². The lowest BCUT2D eigenvalue weighted by Crippen LogP contribution is -2.42. The Labute approximate surface area is 114 Å². The number of nitrogens with zero attached hydrogens (tertiary/aromatic N) is 2. The highest BCUT2D eigenvalue weighted by atomic mass is 15.2. The van der Waals surface area contributed by atoms with E-state index in [-0.39, 0.29) is 0 Å². The van der Waals surface area contributed by atoms with E-state index in [1.54, 1.807) is 0 Å². The van der Waals surface area contributed by atoms with Gasteiger partial charge in [0, 0.05) is 45.1 Å². The van der Waals surface area contributed by atoms with E-state index < -0.39 is 0 Å². The zero-order valence-corrected chi connectivity index (χ0v) is 11.0. The Morgan fingerprint density at radius 3 is 2.58 bits per heavy atom. The molecule has 1 N–H and O–H groups in total. The Morgan fingerprint density at radius 1 is 1.00 bits per heavy atom. The summed E-state index contributed by atoms with van der Waals surface area (Å²) in [5, 5.41) is 3.39. The van der Waals surface area contributed by atoms with Gasteiger partial charge in [0.05, 0.1) is 0 Å². The van der Waals surface area contributed by atoms with Crippen molar-refractivity contribution in [2.24, 2.45) is 0 Å². The van der Waals surface area contributed by atoms with Crippen LogP contribution in [0.15, 0.2) is 48.8 Å². The zero-order chi connectivity index (χ0) is 12.9. The van der Waals surface area contributed by atoms with Gasteiger partial charge >= 0.3 is 0 Å². The highest BCUT2D eigenvalue weighted by Gasteiger charge is 2.10. The molecule has 0 radical (unpaired) electrons. The summed E-state index contributed by atoms with van der Waals surface area (Å²) in [7, 11) is 0. The molecule has 0 unspecified atom stereocenters. The second kappa shape index (κ2) is 5.95. The largest absolute Gasteiger partial charge is 0.314 e. The van der Waals surface area contributed by atoms with Crippen LogP contribution in [0.2, 0.25) is 0 Å². The first kappa shape index (κ1) is 12.3. The van der Waals surface area contributed by atoms with Crippen molar-refractivity contribution in [3.8, 4) is 11.1 Å². The van der Waals surface area contributed by atoms with Gasteiger partial charge in [0.2, 0.25) is 0 Å². The van der Waals surface area contributed by atoms with E-state index in [9.17, 15) is 0 Å². The van der Waals surface area contributed by atoms with Crippen molar-refractivity contribution in [1.82, 2.24) is 15.2 Å². The Morgan fingerprint density at radius 2 is 1.79 bits per heavy atom. The average molecular weight is 253 g/mol. The molecule has 0 atom stereocenters. The average Bonchev–Trinajstić information content (AvgIpc) is 2.49. The van der Waals surface area contributed by atoms with Crippen molar-refractivity contribution in [1.29, 1.82) is 0 Å². The summed E-state index contributed by atoms with van der Waals surface area (Å²) in [5.74, 6) is 0. The van der Waals surface area contributed by atoms with E-state index in [1.165, 1.54) is 16.7 Å². The van der Waals surface area contributed by atoms with Crippen LogP contribution >= 0.6 is 0 Å². The second-order valence-corrected chi connectivity index (χ2v) is 4.96. The topological polar surface area (TPSA) is 28.2 Å². The molecular formula is C16H19N3. The van der Waals surface area contributed by atoms with Gasteiger partial charge in [-0.05, 0) is 34.9 Å². The van der Waals surface area contributed by atoms with Gasteiger partial charge in [0.15, 0.2) is 0 Å². The highest BCUT2D eigenvalue weighted by Crippen LogP contribution is 2.20. The van der Waals surface area contributed by atoms with Crippen LogP contribution in [0.4, 0.5) is 0 Å². The SMILES string of the molecule is c1cc(CN2CCNCC2)cc(-c2ccncc2)c1. The lowest BCUT2D eigenvalue weighted by molar-refractivity contribution is 0.233. The number of benzene rings is 1. The number of rotatable bonds is 3. The fourth-order valence-corrected chi connectivity index (χ4v) is 2.52. The molecule has 1 aromatic carbocycles. The van der Waals surface area contributed by atoms with Crippen LogP contribution in [0.25, 0.3) is 11.1 Å². The Balaban J connectivity index is 1.76. The van der Waals surface area contributed by atoms with Crippen molar-refractivity contribution in [3.63, 3.8) is 0 Å². The molecule has 2 aromatic rings. The van der Waals surface area contributed by atoms with Crippen LogP contribution in [-0.4, -0.2) is 36.1 Å². The van der Waals surface area contributed by atoms with Gasteiger partial charge in [0.1, 0.15) is 0 Å². The summed E-state index contributed by atoms with van der Waals surface area (Å²) in [6.07, 6.45) is 3.69. The standard InChI is InChI=1S/C16H19N3/c1-2-14(13-19-10-8-18-9-11-19)12-16(3-1)15-4-6-17-7-5-15/h1-7,12,18H,8-11,13H2. The summed E-state index contributed by atoms with van der Waals surface area (Å²) in [6, 6.07) is 12.9. The number of pyridine rings is 1. The molecule has 1 fully saturated rings. The normalized spacial score (nSPS) is 16.4. The molecule has 1 aliphatic rings. The molecule has 3 heteroatoms. The van der Waals surface area contributed by atoms with E-state index >= 15 is 0 Å². The molecule has 1 saturated heterocycles. The zero-order valence-electron chi connectivity index (χ0n) is 11.0. The number of hydrogen-bond donors (Lipinski definition) is 1. The molecule has 0 aliphatic carbocycles. The van der Waals surface area contributed by atoms with Gasteiger partial charge < -0.3 is 5.32 Å². The fourth-order valence-electron chi connectivity index (χ4n) is 2.52. The molecule has 3 nitrogen and oxygen atoms in total. The van der Waals surface area contributed by atoms with E-state index in [0.717, 1.165) is 32.7 Å². The van der Waals surface area contributed by atoms with Crippen molar-refractivity contribution >= 4 is 0 Å². The third-order valence-electron chi connectivity index (χ3n) is 3.56. The Bertz CT molecular complexity index is 519. The van der Waals surface area contributed by atoms with Crippen LogP contribution in [0, 0.1) is 0 Å². The summed E-state index contributed by atoms with van der Waals surface area (Å²) in [5.41, 5.74) is 3.89. The number of nitrogens with one attached hydrogen (secondary N) is 1. The molecule has 0 spiro atoms. The third kappa shape index (κ3) is 3.19. The van der Waals surface area contributed by atoms with Crippen LogP contribution in [-0.2, 0) is 6.54 Å². The third-order valence-corrected chi connectivity index (χ3v) is 3.56. The lowest BCUT2D eigenvalue weighted by Gasteiger charge is -2.27. The highest BCUT2D eigenvalue weighted by molar-refractivity contribution is 5.63. The fraction of sp³-hybridized carbons (Fsp3) is 0.312. The number of hydrogen-bond acceptors (Lipinski definition) is 3. The Hall–Kier alpha value is -1.71.